The van der Waals surface area contributed by atoms with Crippen molar-refractivity contribution in [3.63, 3.8) is 0 Å². The highest BCUT2D eigenvalue weighted by Gasteiger charge is 2.17. The third-order valence-corrected chi connectivity index (χ3v) is 4.41. The van der Waals surface area contributed by atoms with Crippen LogP contribution in [0, 0.1) is 5.82 Å². The number of aromatic nitrogens is 2. The van der Waals surface area contributed by atoms with Gasteiger partial charge in [0.05, 0.1) is 11.9 Å². The molecule has 0 aliphatic carbocycles. The number of thioether (sulfide) groups is 1. The molecule has 0 saturated carbocycles. The summed E-state index contributed by atoms with van der Waals surface area (Å²) < 4.78 is 13.4. The quantitative estimate of drug-likeness (QED) is 0.833. The lowest BCUT2D eigenvalue weighted by Crippen LogP contribution is -2.14. The van der Waals surface area contributed by atoms with Crippen molar-refractivity contribution < 1.29 is 4.39 Å². The van der Waals surface area contributed by atoms with E-state index in [2.05, 4.69) is 20.7 Å². The van der Waals surface area contributed by atoms with Gasteiger partial charge < -0.3 is 0 Å². The van der Waals surface area contributed by atoms with Crippen LogP contribution in [0.5, 0.6) is 0 Å². The topological polar surface area (TPSA) is 70.1 Å². The van der Waals surface area contributed by atoms with Crippen molar-refractivity contribution in [1.82, 2.24) is 10.2 Å². The molecule has 3 rings (SSSR count). The van der Waals surface area contributed by atoms with Crippen LogP contribution < -0.4 is 11.0 Å². The highest BCUT2D eigenvalue weighted by molar-refractivity contribution is 7.99. The molecule has 0 saturated heterocycles. The van der Waals surface area contributed by atoms with E-state index in [1.807, 2.05) is 0 Å². The maximum Gasteiger partial charge on any atom is 0.285 e. The molecule has 0 spiro atoms. The standard InChI is InChI=1S/C13H10ClFN4OS/c14-12-10(6-16-19-13(12)20)18-17-9-3-4-21-11-2-1-7(15)5-8(9)11/h1-2,5-6H,3-4H2,(H2,18,19,20)/b17-9-. The van der Waals surface area contributed by atoms with Gasteiger partial charge in [0, 0.05) is 22.6 Å². The van der Waals surface area contributed by atoms with Crippen molar-refractivity contribution in [2.75, 3.05) is 11.2 Å². The summed E-state index contributed by atoms with van der Waals surface area (Å²) in [5.74, 6) is 0.556. The van der Waals surface area contributed by atoms with E-state index in [9.17, 15) is 9.18 Å². The number of nitrogens with zero attached hydrogens (tertiary/aromatic N) is 2. The van der Waals surface area contributed by atoms with Crippen LogP contribution in [0.3, 0.4) is 0 Å². The van der Waals surface area contributed by atoms with E-state index in [0.717, 1.165) is 21.9 Å². The van der Waals surface area contributed by atoms with Gasteiger partial charge in [0.2, 0.25) is 0 Å². The highest BCUT2D eigenvalue weighted by atomic mass is 35.5. The number of anilines is 1. The Hall–Kier alpha value is -1.86. The fourth-order valence-electron chi connectivity index (χ4n) is 1.95. The van der Waals surface area contributed by atoms with Crippen molar-refractivity contribution in [1.29, 1.82) is 0 Å². The normalized spacial score (nSPS) is 15.8. The molecule has 1 aromatic heterocycles. The molecule has 0 atom stereocenters. The Labute approximate surface area is 128 Å². The van der Waals surface area contributed by atoms with Gasteiger partial charge in [-0.2, -0.15) is 10.2 Å². The first-order chi connectivity index (χ1) is 10.1. The Morgan fingerprint density at radius 3 is 3.19 bits per heavy atom. The lowest BCUT2D eigenvalue weighted by molar-refractivity contribution is 0.626. The smallest absolute Gasteiger partial charge is 0.275 e. The van der Waals surface area contributed by atoms with Gasteiger partial charge in [-0.05, 0) is 18.2 Å². The number of hydrogen-bond donors (Lipinski definition) is 2. The first kappa shape index (κ1) is 14.1. The first-order valence-electron chi connectivity index (χ1n) is 6.13. The minimum atomic E-state index is -0.493. The summed E-state index contributed by atoms with van der Waals surface area (Å²) in [6, 6.07) is 4.63. The average molecular weight is 325 g/mol. The summed E-state index contributed by atoms with van der Waals surface area (Å²) in [6.45, 7) is 0. The number of H-pyrrole nitrogens is 1. The van der Waals surface area contributed by atoms with Gasteiger partial charge in [-0.15, -0.1) is 11.8 Å². The highest BCUT2D eigenvalue weighted by Crippen LogP contribution is 2.31. The molecule has 1 aliphatic heterocycles. The molecule has 2 aromatic rings. The van der Waals surface area contributed by atoms with Crippen molar-refractivity contribution in [2.45, 2.75) is 11.3 Å². The molecule has 0 bridgehead atoms. The van der Waals surface area contributed by atoms with Crippen molar-refractivity contribution in [3.05, 3.63) is 51.2 Å². The molecule has 8 heteroatoms. The summed E-state index contributed by atoms with van der Waals surface area (Å²) in [6.07, 6.45) is 2.07. The second kappa shape index (κ2) is 5.87. The van der Waals surface area contributed by atoms with E-state index >= 15 is 0 Å². The molecule has 1 aromatic carbocycles. The average Bonchev–Trinajstić information content (AvgIpc) is 2.49. The van der Waals surface area contributed by atoms with Gasteiger partial charge in [0.1, 0.15) is 16.5 Å². The second-order valence-corrected chi connectivity index (χ2v) is 5.85. The maximum absolute atomic E-state index is 13.4. The molecule has 108 valence electrons. The predicted octanol–water partition coefficient (Wildman–Crippen LogP) is 2.87. The van der Waals surface area contributed by atoms with Gasteiger partial charge in [-0.3, -0.25) is 10.2 Å². The van der Waals surface area contributed by atoms with Crippen LogP contribution in [0.1, 0.15) is 12.0 Å². The third-order valence-electron chi connectivity index (χ3n) is 2.96. The van der Waals surface area contributed by atoms with E-state index in [0.29, 0.717) is 12.1 Å². The summed E-state index contributed by atoms with van der Waals surface area (Å²) in [5.41, 5.74) is 4.02. The monoisotopic (exact) mass is 324 g/mol. The number of halogens is 2. The minimum absolute atomic E-state index is 0.0148. The minimum Gasteiger partial charge on any atom is -0.275 e. The number of aromatic amines is 1. The second-order valence-electron chi connectivity index (χ2n) is 4.34. The molecule has 2 N–H and O–H groups in total. The summed E-state index contributed by atoms with van der Waals surface area (Å²) in [4.78, 5) is 12.3. The van der Waals surface area contributed by atoms with E-state index < -0.39 is 5.56 Å². The van der Waals surface area contributed by atoms with Crippen molar-refractivity contribution in [3.8, 4) is 0 Å². The Kier molecular flexibility index (Phi) is 3.94. The number of benzene rings is 1. The largest absolute Gasteiger partial charge is 0.285 e. The molecule has 0 amide bonds. The Balaban J connectivity index is 1.93. The van der Waals surface area contributed by atoms with E-state index in [-0.39, 0.29) is 10.8 Å². The van der Waals surface area contributed by atoms with Gasteiger partial charge in [0.15, 0.2) is 0 Å². The van der Waals surface area contributed by atoms with Gasteiger partial charge in [-0.1, -0.05) is 11.6 Å². The van der Waals surface area contributed by atoms with E-state index in [4.69, 9.17) is 11.6 Å². The zero-order chi connectivity index (χ0) is 14.8. The molecule has 0 radical (unpaired) electrons. The van der Waals surface area contributed by atoms with Crippen LogP contribution in [0.4, 0.5) is 10.1 Å². The van der Waals surface area contributed by atoms with Gasteiger partial charge in [0.25, 0.3) is 5.56 Å². The Morgan fingerprint density at radius 1 is 1.48 bits per heavy atom. The van der Waals surface area contributed by atoms with Crippen LogP contribution in [-0.4, -0.2) is 21.7 Å². The molecule has 0 fully saturated rings. The predicted molar refractivity (Wildman–Crippen MR) is 81.8 cm³/mol. The number of fused-ring (bicyclic) bond motifs is 1. The number of nitrogens with one attached hydrogen (secondary N) is 2. The Bertz CT molecular complexity index is 777. The first-order valence-corrected chi connectivity index (χ1v) is 7.50. The van der Waals surface area contributed by atoms with E-state index in [1.165, 1.54) is 18.3 Å². The van der Waals surface area contributed by atoms with Crippen LogP contribution in [-0.2, 0) is 0 Å². The SMILES string of the molecule is O=c1[nH]ncc(N/N=C2/CCSc3ccc(F)cc32)c1Cl. The molecule has 5 nitrogen and oxygen atoms in total. The molecule has 1 aliphatic rings. The van der Waals surface area contributed by atoms with Crippen LogP contribution in [0.25, 0.3) is 0 Å². The third kappa shape index (κ3) is 2.93. The number of hydrazone groups is 1. The van der Waals surface area contributed by atoms with Crippen molar-refractivity contribution in [2.24, 2.45) is 5.10 Å². The summed E-state index contributed by atoms with van der Waals surface area (Å²) in [7, 11) is 0. The molecule has 2 heterocycles. The molecule has 0 unspecified atom stereocenters. The summed E-state index contributed by atoms with van der Waals surface area (Å²) >= 11 is 7.52. The van der Waals surface area contributed by atoms with Crippen molar-refractivity contribution >= 4 is 34.8 Å². The van der Waals surface area contributed by atoms with Gasteiger partial charge >= 0.3 is 0 Å². The number of rotatable bonds is 2. The van der Waals surface area contributed by atoms with Gasteiger partial charge in [-0.25, -0.2) is 9.49 Å². The zero-order valence-electron chi connectivity index (χ0n) is 10.7. The van der Waals surface area contributed by atoms with E-state index in [1.54, 1.807) is 17.8 Å². The summed E-state index contributed by atoms with van der Waals surface area (Å²) in [5, 5.41) is 10.1. The zero-order valence-corrected chi connectivity index (χ0v) is 12.3. The molecular formula is C13H10ClFN4OS. The fraction of sp³-hybridized carbons (Fsp3) is 0.154. The molecule has 21 heavy (non-hydrogen) atoms. The molecular weight excluding hydrogens is 315 g/mol. The van der Waals surface area contributed by atoms with Crippen LogP contribution >= 0.6 is 23.4 Å². The lowest BCUT2D eigenvalue weighted by Gasteiger charge is -2.17. The fourth-order valence-corrected chi connectivity index (χ4v) is 3.10. The number of hydrogen-bond acceptors (Lipinski definition) is 5. The van der Waals surface area contributed by atoms with Crippen LogP contribution in [0.2, 0.25) is 5.02 Å². The Morgan fingerprint density at radius 2 is 2.33 bits per heavy atom. The van der Waals surface area contributed by atoms with Crippen LogP contribution in [0.15, 0.2) is 39.2 Å². The maximum atomic E-state index is 13.4. The lowest BCUT2D eigenvalue weighted by atomic mass is 10.1.